The van der Waals surface area contributed by atoms with Gasteiger partial charge in [-0.1, -0.05) is 18.2 Å². The Morgan fingerprint density at radius 1 is 1.36 bits per heavy atom. The molecule has 1 saturated heterocycles. The summed E-state index contributed by atoms with van der Waals surface area (Å²) < 4.78 is 5.60. The van der Waals surface area contributed by atoms with Crippen LogP contribution in [0.15, 0.2) is 36.4 Å². The Kier molecular flexibility index (Phi) is 5.56. The third-order valence-corrected chi connectivity index (χ3v) is 3.95. The summed E-state index contributed by atoms with van der Waals surface area (Å²) in [6.45, 7) is 17.3. The highest BCUT2D eigenvalue weighted by Crippen LogP contribution is 2.29. The Morgan fingerprint density at radius 2 is 2.14 bits per heavy atom. The number of allylic oxidation sites excluding steroid dienone is 1. The first kappa shape index (κ1) is 16.5. The molecule has 0 radical (unpaired) electrons. The summed E-state index contributed by atoms with van der Waals surface area (Å²) in [5, 5.41) is 0. The standard InChI is InChI=1S/C19H26N2O/c1-6-8-20-16(5)18-12-19(21-9-7-10-22-13-21)15(4)11-17(18)14(2)3/h6,11-12H,1-2,7-10,13H2,3-5H3/b20-16-. The minimum atomic E-state index is 0.636. The molecule has 0 bridgehead atoms. The SMILES string of the molecule is C=CC/N=C(/C)c1cc(N2CCCOC2)c(C)cc1C(=C)C. The quantitative estimate of drug-likeness (QED) is 0.601. The number of benzene rings is 1. The molecular formula is C19H26N2O. The molecule has 0 amide bonds. The number of anilines is 1. The van der Waals surface area contributed by atoms with Crippen molar-refractivity contribution in [2.75, 3.05) is 31.3 Å². The van der Waals surface area contributed by atoms with Gasteiger partial charge in [-0.05, 0) is 50.5 Å². The van der Waals surface area contributed by atoms with Gasteiger partial charge in [0.2, 0.25) is 0 Å². The second-order valence-corrected chi connectivity index (χ2v) is 5.83. The Bertz CT molecular complexity index is 596. The third kappa shape index (κ3) is 3.66. The van der Waals surface area contributed by atoms with Crippen LogP contribution >= 0.6 is 0 Å². The molecule has 1 aliphatic rings. The number of rotatable bonds is 5. The van der Waals surface area contributed by atoms with E-state index in [4.69, 9.17) is 4.74 Å². The number of nitrogens with zero attached hydrogens (tertiary/aromatic N) is 2. The second-order valence-electron chi connectivity index (χ2n) is 5.83. The van der Waals surface area contributed by atoms with Gasteiger partial charge in [0.25, 0.3) is 0 Å². The first-order valence-corrected chi connectivity index (χ1v) is 7.80. The molecule has 0 N–H and O–H groups in total. The van der Waals surface area contributed by atoms with Crippen molar-refractivity contribution in [3.63, 3.8) is 0 Å². The molecule has 0 saturated carbocycles. The van der Waals surface area contributed by atoms with Crippen molar-refractivity contribution in [2.24, 2.45) is 4.99 Å². The highest BCUT2D eigenvalue weighted by Gasteiger charge is 2.17. The van der Waals surface area contributed by atoms with Gasteiger partial charge in [-0.2, -0.15) is 0 Å². The molecule has 1 fully saturated rings. The van der Waals surface area contributed by atoms with Crippen LogP contribution in [0.2, 0.25) is 0 Å². The molecule has 22 heavy (non-hydrogen) atoms. The van der Waals surface area contributed by atoms with Gasteiger partial charge in [0.15, 0.2) is 0 Å². The normalized spacial score (nSPS) is 15.8. The monoisotopic (exact) mass is 298 g/mol. The van der Waals surface area contributed by atoms with Gasteiger partial charge in [0.05, 0.1) is 13.2 Å². The predicted molar refractivity (Wildman–Crippen MR) is 95.9 cm³/mol. The lowest BCUT2D eigenvalue weighted by atomic mass is 9.95. The molecule has 0 aliphatic carbocycles. The maximum Gasteiger partial charge on any atom is 0.118 e. The molecule has 3 heteroatoms. The summed E-state index contributed by atoms with van der Waals surface area (Å²) in [6.07, 6.45) is 2.89. The van der Waals surface area contributed by atoms with Crippen LogP contribution in [0.4, 0.5) is 5.69 Å². The number of hydrogen-bond acceptors (Lipinski definition) is 3. The number of hydrogen-bond donors (Lipinski definition) is 0. The van der Waals surface area contributed by atoms with Crippen LogP contribution in [0.1, 0.15) is 37.0 Å². The topological polar surface area (TPSA) is 24.8 Å². The highest BCUT2D eigenvalue weighted by molar-refractivity contribution is 6.03. The summed E-state index contributed by atoms with van der Waals surface area (Å²) in [5.74, 6) is 0. The predicted octanol–water partition coefficient (Wildman–Crippen LogP) is 4.21. The first-order valence-electron chi connectivity index (χ1n) is 7.80. The summed E-state index contributed by atoms with van der Waals surface area (Å²) in [6, 6.07) is 4.45. The molecule has 2 rings (SSSR count). The highest BCUT2D eigenvalue weighted by atomic mass is 16.5. The van der Waals surface area contributed by atoms with Gasteiger partial charge < -0.3 is 9.64 Å². The van der Waals surface area contributed by atoms with Gasteiger partial charge in [0, 0.05) is 23.5 Å². The van der Waals surface area contributed by atoms with Gasteiger partial charge in [-0.15, -0.1) is 6.58 Å². The van der Waals surface area contributed by atoms with Crippen LogP contribution < -0.4 is 4.90 Å². The molecule has 118 valence electrons. The van der Waals surface area contributed by atoms with Crippen molar-refractivity contribution in [2.45, 2.75) is 27.2 Å². The van der Waals surface area contributed by atoms with Crippen LogP contribution in [0.3, 0.4) is 0 Å². The van der Waals surface area contributed by atoms with E-state index in [0.717, 1.165) is 36.4 Å². The average Bonchev–Trinajstić information content (AvgIpc) is 2.53. The van der Waals surface area contributed by atoms with Crippen LogP contribution in [-0.4, -0.2) is 32.1 Å². The third-order valence-electron chi connectivity index (χ3n) is 3.95. The Labute approximate surface area is 134 Å². The number of aryl methyl sites for hydroxylation is 1. The first-order chi connectivity index (χ1) is 10.5. The summed E-state index contributed by atoms with van der Waals surface area (Å²) in [4.78, 5) is 6.88. The van der Waals surface area contributed by atoms with E-state index >= 15 is 0 Å². The maximum atomic E-state index is 5.60. The van der Waals surface area contributed by atoms with Gasteiger partial charge in [-0.25, -0.2) is 0 Å². The minimum Gasteiger partial charge on any atom is -0.361 e. The fourth-order valence-corrected chi connectivity index (χ4v) is 2.76. The lowest BCUT2D eigenvalue weighted by Gasteiger charge is -2.31. The lowest BCUT2D eigenvalue weighted by Crippen LogP contribution is -2.33. The Morgan fingerprint density at radius 3 is 2.73 bits per heavy atom. The summed E-state index contributed by atoms with van der Waals surface area (Å²) in [7, 11) is 0. The van der Waals surface area contributed by atoms with E-state index in [0.29, 0.717) is 13.3 Å². The number of aliphatic imine (C=N–C) groups is 1. The largest absolute Gasteiger partial charge is 0.361 e. The molecule has 1 heterocycles. The Hall–Kier alpha value is -1.87. The fourth-order valence-electron chi connectivity index (χ4n) is 2.76. The van der Waals surface area contributed by atoms with Crippen LogP contribution in [0, 0.1) is 6.92 Å². The minimum absolute atomic E-state index is 0.636. The molecule has 0 spiro atoms. The zero-order valence-corrected chi connectivity index (χ0v) is 14.0. The smallest absolute Gasteiger partial charge is 0.118 e. The average molecular weight is 298 g/mol. The van der Waals surface area contributed by atoms with E-state index in [1.165, 1.54) is 16.8 Å². The molecule has 3 nitrogen and oxygen atoms in total. The second kappa shape index (κ2) is 7.41. The summed E-state index contributed by atoms with van der Waals surface area (Å²) in [5.41, 5.74) is 6.89. The fraction of sp³-hybridized carbons (Fsp3) is 0.421. The van der Waals surface area contributed by atoms with Crippen molar-refractivity contribution < 1.29 is 4.74 Å². The zero-order chi connectivity index (χ0) is 16.1. The molecule has 1 aromatic rings. The molecule has 0 atom stereocenters. The van der Waals surface area contributed by atoms with Crippen LogP contribution in [-0.2, 0) is 4.74 Å². The van der Waals surface area contributed by atoms with E-state index in [1.807, 2.05) is 13.0 Å². The molecule has 0 aromatic heterocycles. The summed E-state index contributed by atoms with van der Waals surface area (Å²) >= 11 is 0. The van der Waals surface area contributed by atoms with E-state index in [-0.39, 0.29) is 0 Å². The molecule has 1 aromatic carbocycles. The van der Waals surface area contributed by atoms with E-state index in [2.05, 4.69) is 49.0 Å². The van der Waals surface area contributed by atoms with Crippen molar-refractivity contribution in [3.05, 3.63) is 48.1 Å². The van der Waals surface area contributed by atoms with E-state index in [1.54, 1.807) is 0 Å². The van der Waals surface area contributed by atoms with Gasteiger partial charge in [0.1, 0.15) is 6.73 Å². The van der Waals surface area contributed by atoms with Crippen LogP contribution in [0.5, 0.6) is 0 Å². The zero-order valence-electron chi connectivity index (χ0n) is 14.0. The molecular weight excluding hydrogens is 272 g/mol. The van der Waals surface area contributed by atoms with E-state index < -0.39 is 0 Å². The van der Waals surface area contributed by atoms with Crippen LogP contribution in [0.25, 0.3) is 5.57 Å². The van der Waals surface area contributed by atoms with Crippen molar-refractivity contribution >= 4 is 17.0 Å². The maximum absolute atomic E-state index is 5.60. The molecule has 0 unspecified atom stereocenters. The van der Waals surface area contributed by atoms with E-state index in [9.17, 15) is 0 Å². The lowest BCUT2D eigenvalue weighted by molar-refractivity contribution is 0.107. The van der Waals surface area contributed by atoms with Gasteiger partial charge in [-0.3, -0.25) is 4.99 Å². The van der Waals surface area contributed by atoms with Crippen molar-refractivity contribution in [1.82, 2.24) is 0 Å². The van der Waals surface area contributed by atoms with Crippen molar-refractivity contribution in [1.29, 1.82) is 0 Å². The van der Waals surface area contributed by atoms with Crippen molar-refractivity contribution in [3.8, 4) is 0 Å². The number of ether oxygens (including phenoxy) is 1. The molecule has 1 aliphatic heterocycles. The Balaban J connectivity index is 2.48. The van der Waals surface area contributed by atoms with Gasteiger partial charge >= 0.3 is 0 Å².